The number of imide groups is 1. The van der Waals surface area contributed by atoms with Gasteiger partial charge in [0, 0.05) is 28.1 Å². The monoisotopic (exact) mass is 505 g/mol. The van der Waals surface area contributed by atoms with Crippen LogP contribution in [0, 0.1) is 0 Å². The van der Waals surface area contributed by atoms with Crippen LogP contribution in [0.5, 0.6) is 0 Å². The number of aromatic amines is 1. The van der Waals surface area contributed by atoms with Crippen LogP contribution in [0.3, 0.4) is 0 Å². The molecule has 1 unspecified atom stereocenters. The van der Waals surface area contributed by atoms with Gasteiger partial charge in [-0.1, -0.05) is 34.1 Å². The summed E-state index contributed by atoms with van der Waals surface area (Å²) in [6, 6.07) is 17.1. The maximum absolute atomic E-state index is 13.4. The maximum Gasteiger partial charge on any atom is 0.290 e. The van der Waals surface area contributed by atoms with Gasteiger partial charge in [-0.2, -0.15) is 0 Å². The number of para-hydroxylation sites is 1. The van der Waals surface area contributed by atoms with Gasteiger partial charge < -0.3 is 14.3 Å². The minimum absolute atomic E-state index is 0.0742. The van der Waals surface area contributed by atoms with Gasteiger partial charge in [0.2, 0.25) is 5.91 Å². The summed E-state index contributed by atoms with van der Waals surface area (Å²) in [6.07, 6.45) is 3.78. The molecule has 0 bridgehead atoms. The van der Waals surface area contributed by atoms with Crippen LogP contribution in [0.15, 0.2) is 82.0 Å². The lowest BCUT2D eigenvalue weighted by Crippen LogP contribution is -2.46. The van der Waals surface area contributed by atoms with E-state index < -0.39 is 17.9 Å². The van der Waals surface area contributed by atoms with Crippen LogP contribution in [0.2, 0.25) is 0 Å². The van der Waals surface area contributed by atoms with E-state index >= 15 is 0 Å². The lowest BCUT2D eigenvalue weighted by molar-refractivity contribution is -0.122. The van der Waals surface area contributed by atoms with E-state index in [1.165, 1.54) is 11.2 Å². The van der Waals surface area contributed by atoms with Crippen molar-refractivity contribution in [3.63, 3.8) is 0 Å². The van der Waals surface area contributed by atoms with Gasteiger partial charge in [0.25, 0.3) is 11.8 Å². The Kier molecular flexibility index (Phi) is 5.60. The Hall–Kier alpha value is -3.65. The molecule has 0 saturated carbocycles. The Balaban J connectivity index is 1.44. The summed E-state index contributed by atoms with van der Waals surface area (Å²) in [7, 11) is 0. The van der Waals surface area contributed by atoms with Crippen LogP contribution in [-0.4, -0.2) is 40.2 Å². The van der Waals surface area contributed by atoms with E-state index in [0.29, 0.717) is 12.1 Å². The number of benzene rings is 2. The van der Waals surface area contributed by atoms with Crippen molar-refractivity contribution in [1.29, 1.82) is 0 Å². The number of fused-ring (bicyclic) bond motifs is 1. The van der Waals surface area contributed by atoms with Crippen LogP contribution < -0.4 is 4.90 Å². The molecule has 1 saturated heterocycles. The number of halogens is 1. The second-order valence-electron chi connectivity index (χ2n) is 7.85. The highest BCUT2D eigenvalue weighted by molar-refractivity contribution is 9.10. The van der Waals surface area contributed by atoms with Crippen molar-refractivity contribution in [3.8, 4) is 0 Å². The molecule has 1 fully saturated rings. The second-order valence-corrected chi connectivity index (χ2v) is 8.76. The molecule has 0 spiro atoms. The van der Waals surface area contributed by atoms with Crippen LogP contribution in [0.1, 0.15) is 22.5 Å². The molecule has 3 amide bonds. The van der Waals surface area contributed by atoms with Crippen LogP contribution >= 0.6 is 15.9 Å². The minimum Gasteiger partial charge on any atom is -0.459 e. The molecule has 0 aliphatic carbocycles. The number of rotatable bonds is 6. The van der Waals surface area contributed by atoms with Crippen molar-refractivity contribution >= 4 is 50.2 Å². The number of anilines is 1. The highest BCUT2D eigenvalue weighted by Gasteiger charge is 2.44. The van der Waals surface area contributed by atoms with E-state index in [1.54, 1.807) is 36.4 Å². The number of carbonyl (C=O) groups is 3. The Morgan fingerprint density at radius 1 is 1.09 bits per heavy atom. The molecular formula is C25H20BrN3O4. The smallest absolute Gasteiger partial charge is 0.290 e. The topological polar surface area (TPSA) is 86.6 Å². The third-order valence-corrected chi connectivity index (χ3v) is 6.40. The third-order valence-electron chi connectivity index (χ3n) is 5.87. The predicted octanol–water partition coefficient (Wildman–Crippen LogP) is 4.54. The van der Waals surface area contributed by atoms with Gasteiger partial charge in [-0.05, 0) is 54.4 Å². The standard InChI is InChI=1S/C25H20BrN3O4/c26-17-7-9-18(10-8-17)29-23(30)14-21(24(29)31)28(25(32)22-6-3-13-33-22)12-11-16-15-27-20-5-2-1-4-19(16)20/h1-10,13,15,21,27H,11-12,14H2. The number of aromatic nitrogens is 1. The Labute approximate surface area is 198 Å². The van der Waals surface area contributed by atoms with E-state index in [2.05, 4.69) is 20.9 Å². The van der Waals surface area contributed by atoms with Crippen molar-refractivity contribution in [1.82, 2.24) is 9.88 Å². The number of furan rings is 1. The summed E-state index contributed by atoms with van der Waals surface area (Å²) < 4.78 is 6.16. The third kappa shape index (κ3) is 3.98. The summed E-state index contributed by atoms with van der Waals surface area (Å²) >= 11 is 3.36. The number of amides is 3. The number of nitrogens with zero attached hydrogens (tertiary/aromatic N) is 2. The fourth-order valence-corrected chi connectivity index (χ4v) is 4.51. The maximum atomic E-state index is 13.4. The zero-order valence-corrected chi connectivity index (χ0v) is 19.1. The number of hydrogen-bond acceptors (Lipinski definition) is 4. The molecular weight excluding hydrogens is 486 g/mol. The number of H-pyrrole nitrogens is 1. The molecule has 1 aliphatic rings. The molecule has 5 rings (SSSR count). The van der Waals surface area contributed by atoms with Crippen LogP contribution in [0.4, 0.5) is 5.69 Å². The zero-order chi connectivity index (χ0) is 22.9. The van der Waals surface area contributed by atoms with E-state index in [-0.39, 0.29) is 24.6 Å². The van der Waals surface area contributed by atoms with Crippen LogP contribution in [0.25, 0.3) is 10.9 Å². The molecule has 3 heterocycles. The van der Waals surface area contributed by atoms with Gasteiger partial charge >= 0.3 is 0 Å². The predicted molar refractivity (Wildman–Crippen MR) is 127 cm³/mol. The highest BCUT2D eigenvalue weighted by Crippen LogP contribution is 2.28. The average molecular weight is 506 g/mol. The highest BCUT2D eigenvalue weighted by atomic mass is 79.9. The first-order valence-corrected chi connectivity index (χ1v) is 11.3. The van der Waals surface area contributed by atoms with E-state index in [1.807, 2.05) is 30.5 Å². The van der Waals surface area contributed by atoms with Crippen LogP contribution in [-0.2, 0) is 16.0 Å². The summed E-state index contributed by atoms with van der Waals surface area (Å²) in [5, 5.41) is 1.06. The van der Waals surface area contributed by atoms with Gasteiger partial charge in [-0.3, -0.25) is 14.4 Å². The normalized spacial score (nSPS) is 16.0. The largest absolute Gasteiger partial charge is 0.459 e. The molecule has 4 aromatic rings. The molecule has 8 heteroatoms. The lowest BCUT2D eigenvalue weighted by Gasteiger charge is -2.27. The molecule has 33 heavy (non-hydrogen) atoms. The molecule has 166 valence electrons. The Bertz CT molecular complexity index is 1330. The van der Waals surface area contributed by atoms with Crippen molar-refractivity contribution < 1.29 is 18.8 Å². The Morgan fingerprint density at radius 2 is 1.88 bits per heavy atom. The van der Waals surface area contributed by atoms with Crippen molar-refractivity contribution in [3.05, 3.63) is 88.9 Å². The van der Waals surface area contributed by atoms with Gasteiger partial charge in [0.15, 0.2) is 5.76 Å². The second kappa shape index (κ2) is 8.71. The minimum atomic E-state index is -0.899. The average Bonchev–Trinajstić information content (AvgIpc) is 3.55. The van der Waals surface area contributed by atoms with Gasteiger partial charge in [-0.15, -0.1) is 0 Å². The van der Waals surface area contributed by atoms with Crippen molar-refractivity contribution in [2.24, 2.45) is 0 Å². The lowest BCUT2D eigenvalue weighted by atomic mass is 10.1. The Morgan fingerprint density at radius 3 is 2.64 bits per heavy atom. The molecule has 2 aromatic carbocycles. The molecule has 1 atom stereocenters. The van der Waals surface area contributed by atoms with Gasteiger partial charge in [-0.25, -0.2) is 4.90 Å². The van der Waals surface area contributed by atoms with E-state index in [9.17, 15) is 14.4 Å². The number of hydrogen-bond donors (Lipinski definition) is 1. The SMILES string of the molecule is O=C1CC(N(CCc2c[nH]c3ccccc23)C(=O)c2ccco2)C(=O)N1c1ccc(Br)cc1. The summed E-state index contributed by atoms with van der Waals surface area (Å²) in [6.45, 7) is 0.263. The zero-order valence-electron chi connectivity index (χ0n) is 17.5. The first-order chi connectivity index (χ1) is 16.0. The quantitative estimate of drug-likeness (QED) is 0.389. The molecule has 2 aromatic heterocycles. The fourth-order valence-electron chi connectivity index (χ4n) is 4.24. The first-order valence-electron chi connectivity index (χ1n) is 10.5. The number of nitrogens with one attached hydrogen (secondary N) is 1. The van der Waals surface area contributed by atoms with E-state index in [0.717, 1.165) is 25.8 Å². The summed E-state index contributed by atoms with van der Waals surface area (Å²) in [5.74, 6) is -1.03. The summed E-state index contributed by atoms with van der Waals surface area (Å²) in [4.78, 5) is 45.3. The number of carbonyl (C=O) groups excluding carboxylic acids is 3. The fraction of sp³-hybridized carbons (Fsp3) is 0.160. The first kappa shape index (κ1) is 21.2. The molecule has 1 N–H and O–H groups in total. The van der Waals surface area contributed by atoms with Crippen molar-refractivity contribution in [2.45, 2.75) is 18.9 Å². The summed E-state index contributed by atoms with van der Waals surface area (Å²) in [5.41, 5.74) is 2.52. The van der Waals surface area contributed by atoms with Gasteiger partial charge in [0.05, 0.1) is 18.4 Å². The molecule has 0 radical (unpaired) electrons. The van der Waals surface area contributed by atoms with E-state index in [4.69, 9.17) is 4.42 Å². The molecule has 7 nitrogen and oxygen atoms in total. The molecule has 1 aliphatic heterocycles. The van der Waals surface area contributed by atoms with Crippen molar-refractivity contribution in [2.75, 3.05) is 11.4 Å². The van der Waals surface area contributed by atoms with Gasteiger partial charge in [0.1, 0.15) is 6.04 Å².